The van der Waals surface area contributed by atoms with Gasteiger partial charge in [-0.1, -0.05) is 24.0 Å². The highest BCUT2D eigenvalue weighted by molar-refractivity contribution is 5.39. The van der Waals surface area contributed by atoms with E-state index in [1.165, 1.54) is 0 Å². The minimum Gasteiger partial charge on any atom is -0.385 e. The highest BCUT2D eigenvalue weighted by Gasteiger charge is 2.41. The minimum absolute atomic E-state index is 0.521. The molecule has 1 aromatic rings. The molecule has 1 saturated carbocycles. The summed E-state index contributed by atoms with van der Waals surface area (Å²) >= 11 is 0. The van der Waals surface area contributed by atoms with E-state index in [9.17, 15) is 5.11 Å². The highest BCUT2D eigenvalue weighted by Crippen LogP contribution is 2.45. The lowest BCUT2D eigenvalue weighted by atomic mass is 10.0. The zero-order chi connectivity index (χ0) is 11.0. The predicted octanol–water partition coefficient (Wildman–Crippen LogP) is 1.24. The number of rotatable bonds is 1. The molecule has 0 amide bonds. The molecule has 1 aromatic carbocycles. The Bertz CT molecular complexity index is 444. The number of hydrogen-bond donors (Lipinski definition) is 2. The van der Waals surface area contributed by atoms with Crippen LogP contribution in [0.5, 0.6) is 0 Å². The summed E-state index contributed by atoms with van der Waals surface area (Å²) in [5.41, 5.74) is 1.55. The lowest BCUT2D eigenvalue weighted by Gasteiger charge is -2.21. The van der Waals surface area contributed by atoms with Crippen molar-refractivity contribution in [2.45, 2.75) is 18.4 Å². The second kappa shape index (κ2) is 3.62. The van der Waals surface area contributed by atoms with Crippen LogP contribution in [0.3, 0.4) is 0 Å². The fourth-order valence-electron chi connectivity index (χ4n) is 1.85. The van der Waals surface area contributed by atoms with Crippen LogP contribution in [-0.4, -0.2) is 18.2 Å². The first-order valence-corrected chi connectivity index (χ1v) is 5.81. The first-order chi connectivity index (χ1) is 7.76. The third-order valence-electron chi connectivity index (χ3n) is 3.35. The van der Waals surface area contributed by atoms with Crippen LogP contribution >= 0.6 is 0 Å². The summed E-state index contributed by atoms with van der Waals surface area (Å²) in [5.74, 6) is 6.93. The van der Waals surface area contributed by atoms with Gasteiger partial charge in [-0.15, -0.1) is 0 Å². The van der Waals surface area contributed by atoms with E-state index >= 15 is 0 Å². The van der Waals surface area contributed by atoms with E-state index in [0.717, 1.165) is 37.1 Å². The molecule has 2 aliphatic rings. The Balaban J connectivity index is 1.73. The van der Waals surface area contributed by atoms with E-state index < -0.39 is 5.60 Å². The van der Waals surface area contributed by atoms with Crippen molar-refractivity contribution in [2.24, 2.45) is 5.92 Å². The molecule has 16 heavy (non-hydrogen) atoms. The van der Waals surface area contributed by atoms with Crippen LogP contribution in [0.1, 0.15) is 24.0 Å². The fourth-order valence-corrected chi connectivity index (χ4v) is 1.85. The van der Waals surface area contributed by atoms with Crippen LogP contribution in [0.4, 0.5) is 0 Å². The molecule has 0 unspecified atom stereocenters. The molecule has 1 saturated heterocycles. The van der Waals surface area contributed by atoms with Crippen molar-refractivity contribution in [1.29, 1.82) is 0 Å². The zero-order valence-corrected chi connectivity index (χ0v) is 9.16. The Kier molecular flexibility index (Phi) is 2.24. The molecule has 0 radical (unpaired) electrons. The van der Waals surface area contributed by atoms with Crippen molar-refractivity contribution < 1.29 is 5.11 Å². The lowest BCUT2D eigenvalue weighted by molar-refractivity contribution is 0.151. The molecule has 0 spiro atoms. The van der Waals surface area contributed by atoms with Crippen LogP contribution in [0.15, 0.2) is 24.3 Å². The standard InChI is InChI=1S/C14H15NO/c16-14(7-8-14)13-5-3-11(4-6-13)1-2-12-9-15-10-12/h3-6,12,15-16H,7-10H2. The van der Waals surface area contributed by atoms with E-state index in [4.69, 9.17) is 0 Å². The Morgan fingerprint density at radius 3 is 2.38 bits per heavy atom. The zero-order valence-electron chi connectivity index (χ0n) is 9.16. The number of benzene rings is 1. The molecular formula is C14H15NO. The smallest absolute Gasteiger partial charge is 0.0899 e. The van der Waals surface area contributed by atoms with Gasteiger partial charge in [0.2, 0.25) is 0 Å². The van der Waals surface area contributed by atoms with Crippen molar-refractivity contribution in [3.8, 4) is 11.8 Å². The molecule has 2 fully saturated rings. The first kappa shape index (κ1) is 9.89. The fraction of sp³-hybridized carbons (Fsp3) is 0.429. The average Bonchev–Trinajstić information content (AvgIpc) is 2.96. The summed E-state index contributed by atoms with van der Waals surface area (Å²) in [6.45, 7) is 2.04. The van der Waals surface area contributed by atoms with Crippen LogP contribution in [0.25, 0.3) is 0 Å². The summed E-state index contributed by atoms with van der Waals surface area (Å²) < 4.78 is 0. The largest absolute Gasteiger partial charge is 0.385 e. The third kappa shape index (κ3) is 1.84. The normalized spacial score (nSPS) is 21.8. The van der Waals surface area contributed by atoms with Crippen molar-refractivity contribution >= 4 is 0 Å². The highest BCUT2D eigenvalue weighted by atomic mass is 16.3. The molecule has 3 rings (SSSR count). The van der Waals surface area contributed by atoms with Crippen molar-refractivity contribution in [3.05, 3.63) is 35.4 Å². The number of nitrogens with one attached hydrogen (secondary N) is 1. The SMILES string of the molecule is OC1(c2ccc(C#CC3CNC3)cc2)CC1. The van der Waals surface area contributed by atoms with Gasteiger partial charge in [0.1, 0.15) is 0 Å². The number of hydrogen-bond acceptors (Lipinski definition) is 2. The Morgan fingerprint density at radius 1 is 1.19 bits per heavy atom. The van der Waals surface area contributed by atoms with Gasteiger partial charge in [0.05, 0.1) is 5.60 Å². The molecule has 1 aliphatic heterocycles. The summed E-state index contributed by atoms with van der Waals surface area (Å²) in [5, 5.41) is 13.1. The average molecular weight is 213 g/mol. The summed E-state index contributed by atoms with van der Waals surface area (Å²) in [6, 6.07) is 8.00. The molecule has 0 bridgehead atoms. The van der Waals surface area contributed by atoms with E-state index in [2.05, 4.69) is 17.2 Å². The van der Waals surface area contributed by atoms with Gasteiger partial charge in [0.25, 0.3) is 0 Å². The molecular weight excluding hydrogens is 198 g/mol. The molecule has 1 aliphatic carbocycles. The second-order valence-electron chi connectivity index (χ2n) is 4.73. The van der Waals surface area contributed by atoms with Crippen LogP contribution < -0.4 is 5.32 Å². The second-order valence-corrected chi connectivity index (χ2v) is 4.73. The Hall–Kier alpha value is -1.30. The lowest BCUT2D eigenvalue weighted by Crippen LogP contribution is -2.40. The van der Waals surface area contributed by atoms with Gasteiger partial charge in [-0.2, -0.15) is 0 Å². The quantitative estimate of drug-likeness (QED) is 0.688. The van der Waals surface area contributed by atoms with E-state index in [1.54, 1.807) is 0 Å². The summed E-state index contributed by atoms with van der Waals surface area (Å²) in [6.07, 6.45) is 1.79. The van der Waals surface area contributed by atoms with Crippen LogP contribution in [0.2, 0.25) is 0 Å². The molecule has 0 aromatic heterocycles. The molecule has 2 nitrogen and oxygen atoms in total. The molecule has 2 heteroatoms. The summed E-state index contributed by atoms with van der Waals surface area (Å²) in [7, 11) is 0. The molecule has 1 heterocycles. The molecule has 82 valence electrons. The van der Waals surface area contributed by atoms with E-state index in [1.807, 2.05) is 24.3 Å². The van der Waals surface area contributed by atoms with Gasteiger partial charge in [0.15, 0.2) is 0 Å². The van der Waals surface area contributed by atoms with Gasteiger partial charge in [-0.25, -0.2) is 0 Å². The van der Waals surface area contributed by atoms with Gasteiger partial charge >= 0.3 is 0 Å². The van der Waals surface area contributed by atoms with Gasteiger partial charge in [-0.05, 0) is 30.5 Å². The first-order valence-electron chi connectivity index (χ1n) is 5.81. The topological polar surface area (TPSA) is 32.3 Å². The van der Waals surface area contributed by atoms with Gasteiger partial charge in [-0.3, -0.25) is 0 Å². The van der Waals surface area contributed by atoms with Crippen molar-refractivity contribution in [3.63, 3.8) is 0 Å². The maximum atomic E-state index is 9.91. The van der Waals surface area contributed by atoms with Crippen molar-refractivity contribution in [1.82, 2.24) is 5.32 Å². The minimum atomic E-state index is -0.524. The number of aliphatic hydroxyl groups is 1. The third-order valence-corrected chi connectivity index (χ3v) is 3.35. The Labute approximate surface area is 95.7 Å². The molecule has 2 N–H and O–H groups in total. The molecule has 0 atom stereocenters. The van der Waals surface area contributed by atoms with E-state index in [0.29, 0.717) is 5.92 Å². The maximum Gasteiger partial charge on any atom is 0.0899 e. The van der Waals surface area contributed by atoms with Crippen LogP contribution in [-0.2, 0) is 5.60 Å². The van der Waals surface area contributed by atoms with E-state index in [-0.39, 0.29) is 0 Å². The van der Waals surface area contributed by atoms with Gasteiger partial charge in [0, 0.05) is 24.6 Å². The maximum absolute atomic E-state index is 9.91. The van der Waals surface area contributed by atoms with Crippen molar-refractivity contribution in [2.75, 3.05) is 13.1 Å². The predicted molar refractivity (Wildman–Crippen MR) is 62.8 cm³/mol. The van der Waals surface area contributed by atoms with Crippen LogP contribution in [0, 0.1) is 17.8 Å². The monoisotopic (exact) mass is 213 g/mol. The van der Waals surface area contributed by atoms with Gasteiger partial charge < -0.3 is 10.4 Å². The summed E-state index contributed by atoms with van der Waals surface area (Å²) in [4.78, 5) is 0. The Morgan fingerprint density at radius 2 is 1.88 bits per heavy atom.